The highest BCUT2D eigenvalue weighted by Gasteiger charge is 2.53. The summed E-state index contributed by atoms with van der Waals surface area (Å²) in [5.41, 5.74) is 2.14. The molecule has 1 aliphatic rings. The van der Waals surface area contributed by atoms with E-state index in [1.807, 2.05) is 18.2 Å². The lowest BCUT2D eigenvalue weighted by Gasteiger charge is -2.52. The third-order valence-electron chi connectivity index (χ3n) is 6.33. The molecule has 0 unspecified atom stereocenters. The summed E-state index contributed by atoms with van der Waals surface area (Å²) in [4.78, 5) is 4.40. The summed E-state index contributed by atoms with van der Waals surface area (Å²) in [6.07, 6.45) is 3.47. The topological polar surface area (TPSA) is 54.4 Å². The van der Waals surface area contributed by atoms with E-state index in [2.05, 4.69) is 43.2 Å². The molecule has 0 aliphatic carbocycles. The molecule has 32 heavy (non-hydrogen) atoms. The number of halogens is 2. The molecule has 4 nitrogen and oxygen atoms in total. The number of nitrogens with zero attached hydrogens (tertiary/aromatic N) is 1. The van der Waals surface area contributed by atoms with Gasteiger partial charge in [-0.15, -0.1) is 12.4 Å². The summed E-state index contributed by atoms with van der Waals surface area (Å²) < 4.78 is 18.9. The van der Waals surface area contributed by atoms with E-state index in [0.29, 0.717) is 24.8 Å². The quantitative estimate of drug-likeness (QED) is 0.513. The molecule has 0 spiro atoms. The molecular weight excluding hydrogens is 427 g/mol. The van der Waals surface area contributed by atoms with Gasteiger partial charge in [0, 0.05) is 42.0 Å². The van der Waals surface area contributed by atoms with Crippen LogP contribution in [0.4, 0.5) is 4.39 Å². The Morgan fingerprint density at radius 3 is 2.28 bits per heavy atom. The van der Waals surface area contributed by atoms with Gasteiger partial charge in [-0.3, -0.25) is 4.98 Å². The fourth-order valence-electron chi connectivity index (χ4n) is 4.19. The van der Waals surface area contributed by atoms with Crippen molar-refractivity contribution in [1.82, 2.24) is 10.3 Å². The molecule has 0 amide bonds. The lowest BCUT2D eigenvalue weighted by atomic mass is 9.63. The highest BCUT2D eigenvalue weighted by atomic mass is 35.5. The third-order valence-corrected chi connectivity index (χ3v) is 6.33. The summed E-state index contributed by atoms with van der Waals surface area (Å²) in [6.45, 7) is 8.13. The average Bonchev–Trinajstić information content (AvgIpc) is 2.76. The van der Waals surface area contributed by atoms with Gasteiger partial charge in [0.25, 0.3) is 0 Å². The van der Waals surface area contributed by atoms with E-state index < -0.39 is 5.60 Å². The molecular formula is C26H30ClFN2O2. The number of nitrogens with one attached hydrogen (secondary N) is 1. The standard InChI is InChI=1S/C26H29FN2O2.ClH/c1-18(2)20-4-6-21(7-5-20)26(30,25(3)16-29-17-25)22-12-19(13-28-14-22)15-31-24-10-8-23(27)9-11-24;/h4-14,18,29-30H,15-17H2,1-3H3;1H/t26-;/m0./s1. The molecule has 1 saturated heterocycles. The Morgan fingerprint density at radius 2 is 1.72 bits per heavy atom. The van der Waals surface area contributed by atoms with E-state index in [0.717, 1.165) is 16.7 Å². The van der Waals surface area contributed by atoms with Crippen molar-refractivity contribution in [1.29, 1.82) is 0 Å². The van der Waals surface area contributed by atoms with Crippen molar-refractivity contribution in [3.05, 3.63) is 95.1 Å². The molecule has 6 heteroatoms. The van der Waals surface area contributed by atoms with Crippen LogP contribution in [-0.4, -0.2) is 23.2 Å². The van der Waals surface area contributed by atoms with Gasteiger partial charge in [-0.25, -0.2) is 4.39 Å². The second-order valence-electron chi connectivity index (χ2n) is 8.98. The molecule has 2 N–H and O–H groups in total. The molecule has 1 aliphatic heterocycles. The molecule has 3 aromatic rings. The molecule has 4 rings (SSSR count). The Hall–Kier alpha value is -2.47. The fraction of sp³-hybridized carbons (Fsp3) is 0.346. The smallest absolute Gasteiger partial charge is 0.124 e. The largest absolute Gasteiger partial charge is 0.489 e. The summed E-state index contributed by atoms with van der Waals surface area (Å²) >= 11 is 0. The van der Waals surface area contributed by atoms with Crippen molar-refractivity contribution >= 4 is 12.4 Å². The number of benzene rings is 2. The number of aromatic nitrogens is 1. The average molecular weight is 457 g/mol. The zero-order valence-corrected chi connectivity index (χ0v) is 19.5. The Balaban J connectivity index is 0.00000289. The number of pyridine rings is 1. The number of rotatable bonds is 7. The van der Waals surface area contributed by atoms with E-state index in [1.165, 1.54) is 17.7 Å². The second kappa shape index (κ2) is 9.57. The van der Waals surface area contributed by atoms with Gasteiger partial charge in [-0.2, -0.15) is 0 Å². The highest BCUT2D eigenvalue weighted by molar-refractivity contribution is 5.85. The van der Waals surface area contributed by atoms with E-state index >= 15 is 0 Å². The van der Waals surface area contributed by atoms with Crippen LogP contribution in [0.25, 0.3) is 0 Å². The number of hydrogen-bond acceptors (Lipinski definition) is 4. The Morgan fingerprint density at radius 1 is 1.06 bits per heavy atom. The molecule has 0 radical (unpaired) electrons. The van der Waals surface area contributed by atoms with Crippen molar-refractivity contribution in [3.8, 4) is 5.75 Å². The van der Waals surface area contributed by atoms with Crippen molar-refractivity contribution in [2.24, 2.45) is 5.41 Å². The number of aliphatic hydroxyl groups is 1. The summed E-state index contributed by atoms with van der Waals surface area (Å²) in [5, 5.41) is 15.4. The highest BCUT2D eigenvalue weighted by Crippen LogP contribution is 2.47. The molecule has 170 valence electrons. The molecule has 1 atom stereocenters. The van der Waals surface area contributed by atoms with Crippen LogP contribution >= 0.6 is 12.4 Å². The monoisotopic (exact) mass is 456 g/mol. The van der Waals surface area contributed by atoms with Gasteiger partial charge in [-0.05, 0) is 47.4 Å². The van der Waals surface area contributed by atoms with Gasteiger partial charge in [0.15, 0.2) is 0 Å². The molecule has 2 heterocycles. The lowest BCUT2D eigenvalue weighted by molar-refractivity contribution is -0.0770. The predicted molar refractivity (Wildman–Crippen MR) is 127 cm³/mol. The minimum atomic E-state index is -1.19. The van der Waals surface area contributed by atoms with Crippen LogP contribution in [0.5, 0.6) is 5.75 Å². The number of hydrogen-bond donors (Lipinski definition) is 2. The van der Waals surface area contributed by atoms with Crippen molar-refractivity contribution in [3.63, 3.8) is 0 Å². The normalized spacial score (nSPS) is 16.6. The maximum atomic E-state index is 13.1. The third kappa shape index (κ3) is 4.51. The first-order valence-electron chi connectivity index (χ1n) is 10.7. The van der Waals surface area contributed by atoms with Gasteiger partial charge >= 0.3 is 0 Å². The van der Waals surface area contributed by atoms with Gasteiger partial charge in [-0.1, -0.05) is 45.0 Å². The minimum Gasteiger partial charge on any atom is -0.489 e. The van der Waals surface area contributed by atoms with Crippen LogP contribution in [0.15, 0.2) is 67.0 Å². The summed E-state index contributed by atoms with van der Waals surface area (Å²) in [5.74, 6) is 0.713. The van der Waals surface area contributed by atoms with Crippen LogP contribution in [-0.2, 0) is 12.2 Å². The minimum absolute atomic E-state index is 0. The first-order valence-corrected chi connectivity index (χ1v) is 10.7. The van der Waals surface area contributed by atoms with Crippen molar-refractivity contribution < 1.29 is 14.2 Å². The van der Waals surface area contributed by atoms with E-state index in [-0.39, 0.29) is 30.2 Å². The van der Waals surface area contributed by atoms with Gasteiger partial charge in [0.2, 0.25) is 0 Å². The van der Waals surface area contributed by atoms with Crippen LogP contribution in [0.1, 0.15) is 48.9 Å². The zero-order valence-electron chi connectivity index (χ0n) is 18.6. The van der Waals surface area contributed by atoms with E-state index in [4.69, 9.17) is 4.74 Å². The van der Waals surface area contributed by atoms with Gasteiger partial charge < -0.3 is 15.2 Å². The van der Waals surface area contributed by atoms with Crippen LogP contribution < -0.4 is 10.1 Å². The lowest BCUT2D eigenvalue weighted by Crippen LogP contribution is -2.63. The fourth-order valence-corrected chi connectivity index (χ4v) is 4.19. The molecule has 2 aromatic carbocycles. The van der Waals surface area contributed by atoms with Crippen LogP contribution in [0, 0.1) is 11.2 Å². The van der Waals surface area contributed by atoms with E-state index in [9.17, 15) is 9.50 Å². The van der Waals surface area contributed by atoms with Crippen molar-refractivity contribution in [2.45, 2.75) is 38.9 Å². The second-order valence-corrected chi connectivity index (χ2v) is 8.98. The zero-order chi connectivity index (χ0) is 22.1. The molecule has 1 fully saturated rings. The van der Waals surface area contributed by atoms with Gasteiger partial charge in [0.05, 0.1) is 0 Å². The maximum Gasteiger partial charge on any atom is 0.124 e. The number of ether oxygens (including phenoxy) is 1. The van der Waals surface area contributed by atoms with Crippen LogP contribution in [0.3, 0.4) is 0 Å². The molecule has 1 aromatic heterocycles. The predicted octanol–water partition coefficient (Wildman–Crippen LogP) is 5.19. The van der Waals surface area contributed by atoms with Gasteiger partial charge in [0.1, 0.15) is 23.8 Å². The molecule has 0 saturated carbocycles. The first-order chi connectivity index (χ1) is 14.8. The Labute approximate surface area is 195 Å². The van der Waals surface area contributed by atoms with E-state index in [1.54, 1.807) is 24.5 Å². The first kappa shape index (κ1) is 24.2. The Kier molecular flexibility index (Phi) is 7.23. The van der Waals surface area contributed by atoms with Crippen LogP contribution in [0.2, 0.25) is 0 Å². The maximum absolute atomic E-state index is 13.1. The Bertz CT molecular complexity index is 1040. The summed E-state index contributed by atoms with van der Waals surface area (Å²) in [7, 11) is 0. The van der Waals surface area contributed by atoms with Crippen molar-refractivity contribution in [2.75, 3.05) is 13.1 Å². The molecule has 0 bridgehead atoms. The SMILES string of the molecule is CC(C)c1ccc([C@](O)(c2cncc(COc3ccc(F)cc3)c2)C2(C)CNC2)cc1.Cl. The summed E-state index contributed by atoms with van der Waals surface area (Å²) in [6, 6.07) is 16.1.